The Morgan fingerprint density at radius 1 is 1.27 bits per heavy atom. The van der Waals surface area contributed by atoms with Gasteiger partial charge in [-0.2, -0.15) is 0 Å². The highest BCUT2D eigenvalue weighted by Gasteiger charge is 2.22. The number of nitrogens with zero attached hydrogens (tertiary/aromatic N) is 2. The molecule has 2 amide bonds. The number of urea groups is 1. The molecule has 0 unspecified atom stereocenters. The predicted octanol–water partition coefficient (Wildman–Crippen LogP) is 3.90. The van der Waals surface area contributed by atoms with E-state index in [9.17, 15) is 9.18 Å². The lowest BCUT2D eigenvalue weighted by atomic mass is 10.1. The number of benzene rings is 1. The normalized spacial score (nSPS) is 17.9. The third kappa shape index (κ3) is 4.22. The Bertz CT molecular complexity index is 770. The zero-order chi connectivity index (χ0) is 17.9. The van der Waals surface area contributed by atoms with E-state index in [-0.39, 0.29) is 11.8 Å². The molecule has 0 radical (unpaired) electrons. The number of halogens is 1. The molecule has 2 aromatic rings. The number of amides is 2. The minimum Gasteiger partial charge on any atom is -0.335 e. The number of fused-ring (bicyclic) bond motifs is 1. The molecule has 2 heterocycles. The van der Waals surface area contributed by atoms with Crippen LogP contribution in [0.2, 0.25) is 0 Å². The van der Waals surface area contributed by atoms with Crippen molar-refractivity contribution in [2.45, 2.75) is 51.2 Å². The largest absolute Gasteiger partial charge is 0.335 e. The van der Waals surface area contributed by atoms with Crippen molar-refractivity contribution in [2.24, 2.45) is 0 Å². The summed E-state index contributed by atoms with van der Waals surface area (Å²) in [6, 6.07) is 6.82. The Kier molecular flexibility index (Phi) is 5.17. The summed E-state index contributed by atoms with van der Waals surface area (Å²) in [6.07, 6.45) is 5.40. The third-order valence-electron chi connectivity index (χ3n) is 5.04. The summed E-state index contributed by atoms with van der Waals surface area (Å²) in [7, 11) is 0. The molecule has 1 aromatic carbocycles. The minimum atomic E-state index is -0.205. The number of rotatable bonds is 4. The van der Waals surface area contributed by atoms with Gasteiger partial charge in [-0.1, -0.05) is 25.0 Å². The number of carbonyl (C=O) groups excluding carboxylic acids is 1. The van der Waals surface area contributed by atoms with Gasteiger partial charge in [0.2, 0.25) is 0 Å². The van der Waals surface area contributed by atoms with Gasteiger partial charge in [-0.25, -0.2) is 14.2 Å². The highest BCUT2D eigenvalue weighted by Crippen LogP contribution is 2.29. The van der Waals surface area contributed by atoms with E-state index in [1.165, 1.54) is 29.9 Å². The van der Waals surface area contributed by atoms with Gasteiger partial charge in [0.1, 0.15) is 5.82 Å². The third-order valence-corrected chi connectivity index (χ3v) is 6.04. The van der Waals surface area contributed by atoms with Crippen LogP contribution in [0.4, 0.5) is 14.3 Å². The average molecular weight is 374 g/mol. The summed E-state index contributed by atoms with van der Waals surface area (Å²) in [5, 5.41) is 6.60. The van der Waals surface area contributed by atoms with E-state index < -0.39 is 0 Å². The van der Waals surface area contributed by atoms with Crippen LogP contribution in [0, 0.1) is 5.82 Å². The van der Waals surface area contributed by atoms with E-state index in [1.54, 1.807) is 11.3 Å². The van der Waals surface area contributed by atoms with Crippen LogP contribution in [0.5, 0.6) is 0 Å². The molecule has 7 heteroatoms. The number of aromatic nitrogens is 1. The first-order chi connectivity index (χ1) is 12.7. The van der Waals surface area contributed by atoms with E-state index in [1.807, 2.05) is 12.1 Å². The Balaban J connectivity index is 1.34. The van der Waals surface area contributed by atoms with Crippen LogP contribution in [0.3, 0.4) is 0 Å². The number of carbonyl (C=O) groups is 1. The van der Waals surface area contributed by atoms with Crippen molar-refractivity contribution in [1.29, 1.82) is 0 Å². The van der Waals surface area contributed by atoms with Gasteiger partial charge in [0.25, 0.3) is 0 Å². The molecule has 1 aliphatic heterocycles. The Hall–Kier alpha value is -1.99. The van der Waals surface area contributed by atoms with Crippen molar-refractivity contribution in [3.8, 4) is 0 Å². The topological polar surface area (TPSA) is 57.3 Å². The highest BCUT2D eigenvalue weighted by molar-refractivity contribution is 7.15. The lowest BCUT2D eigenvalue weighted by molar-refractivity contribution is 0.247. The monoisotopic (exact) mass is 374 g/mol. The lowest BCUT2D eigenvalue weighted by Gasteiger charge is -2.25. The number of anilines is 1. The summed E-state index contributed by atoms with van der Waals surface area (Å²) in [5.41, 5.74) is 2.19. The second kappa shape index (κ2) is 7.72. The molecular weight excluding hydrogens is 351 g/mol. The molecule has 2 N–H and O–H groups in total. The molecule has 2 aliphatic rings. The zero-order valence-electron chi connectivity index (χ0n) is 14.6. The van der Waals surface area contributed by atoms with Crippen LogP contribution < -0.4 is 10.6 Å². The van der Waals surface area contributed by atoms with E-state index in [4.69, 9.17) is 0 Å². The molecule has 26 heavy (non-hydrogen) atoms. The number of thiazole rings is 1. The smallest absolute Gasteiger partial charge is 0.321 e. The standard InChI is InChI=1S/C19H23FN4OS/c20-14-7-5-13(6-8-14)11-24-10-9-16-17(12-24)26-19(22-16)23-18(25)21-15-3-1-2-4-15/h5-8,15H,1-4,9-12H2,(H2,21,22,23,25). The van der Waals surface area contributed by atoms with Crippen LogP contribution in [0.1, 0.15) is 41.8 Å². The van der Waals surface area contributed by atoms with Gasteiger partial charge in [0.05, 0.1) is 5.69 Å². The first-order valence-electron chi connectivity index (χ1n) is 9.18. The lowest BCUT2D eigenvalue weighted by Crippen LogP contribution is -2.36. The van der Waals surface area contributed by atoms with Crippen molar-refractivity contribution in [3.63, 3.8) is 0 Å². The number of hydrogen-bond acceptors (Lipinski definition) is 4. The van der Waals surface area contributed by atoms with Gasteiger partial charge in [0.15, 0.2) is 5.13 Å². The second-order valence-corrected chi connectivity index (χ2v) is 8.14. The van der Waals surface area contributed by atoms with Gasteiger partial charge >= 0.3 is 6.03 Å². The maximum atomic E-state index is 13.0. The summed E-state index contributed by atoms with van der Waals surface area (Å²) in [4.78, 5) is 20.2. The maximum Gasteiger partial charge on any atom is 0.321 e. The molecule has 138 valence electrons. The first kappa shape index (κ1) is 17.4. The SMILES string of the molecule is O=C(Nc1nc2c(s1)CN(Cc1ccc(F)cc1)CC2)NC1CCCC1. The molecule has 1 aromatic heterocycles. The zero-order valence-corrected chi connectivity index (χ0v) is 15.4. The van der Waals surface area contributed by atoms with E-state index in [0.29, 0.717) is 11.2 Å². The molecule has 1 saturated carbocycles. The van der Waals surface area contributed by atoms with Crippen molar-refractivity contribution in [1.82, 2.24) is 15.2 Å². The predicted molar refractivity (Wildman–Crippen MR) is 101 cm³/mol. The molecule has 1 aliphatic carbocycles. The van der Waals surface area contributed by atoms with Crippen molar-refractivity contribution >= 4 is 22.5 Å². The van der Waals surface area contributed by atoms with Gasteiger partial charge in [-0.3, -0.25) is 10.2 Å². The van der Waals surface area contributed by atoms with Crippen molar-refractivity contribution in [3.05, 3.63) is 46.2 Å². The Labute approximate surface area is 156 Å². The fraction of sp³-hybridized carbons (Fsp3) is 0.474. The highest BCUT2D eigenvalue weighted by atomic mass is 32.1. The van der Waals surface area contributed by atoms with E-state index in [2.05, 4.69) is 20.5 Å². The van der Waals surface area contributed by atoms with Crippen molar-refractivity contribution in [2.75, 3.05) is 11.9 Å². The Morgan fingerprint density at radius 3 is 2.81 bits per heavy atom. The average Bonchev–Trinajstić information content (AvgIpc) is 3.25. The number of hydrogen-bond donors (Lipinski definition) is 2. The molecule has 0 spiro atoms. The maximum absolute atomic E-state index is 13.0. The molecular formula is C19H23FN4OS. The first-order valence-corrected chi connectivity index (χ1v) is 10.0. The number of nitrogens with one attached hydrogen (secondary N) is 2. The summed E-state index contributed by atoms with van der Waals surface area (Å²) in [6.45, 7) is 2.53. The van der Waals surface area contributed by atoms with Crippen LogP contribution in [-0.2, 0) is 19.5 Å². The van der Waals surface area contributed by atoms with Gasteiger partial charge < -0.3 is 5.32 Å². The van der Waals surface area contributed by atoms with Crippen LogP contribution >= 0.6 is 11.3 Å². The molecule has 0 saturated heterocycles. The summed E-state index contributed by atoms with van der Waals surface area (Å²) >= 11 is 1.55. The molecule has 4 rings (SSSR count). The fourth-order valence-corrected chi connectivity index (χ4v) is 4.72. The van der Waals surface area contributed by atoms with Crippen LogP contribution in [0.15, 0.2) is 24.3 Å². The fourth-order valence-electron chi connectivity index (χ4n) is 3.67. The Morgan fingerprint density at radius 2 is 2.04 bits per heavy atom. The van der Waals surface area contributed by atoms with Gasteiger partial charge in [-0.05, 0) is 30.5 Å². The van der Waals surface area contributed by atoms with Crippen LogP contribution in [0.25, 0.3) is 0 Å². The molecule has 0 bridgehead atoms. The van der Waals surface area contributed by atoms with Gasteiger partial charge in [-0.15, -0.1) is 11.3 Å². The van der Waals surface area contributed by atoms with Crippen LogP contribution in [-0.4, -0.2) is 28.5 Å². The van der Waals surface area contributed by atoms with Gasteiger partial charge in [0, 0.05) is 37.0 Å². The second-order valence-electron chi connectivity index (χ2n) is 7.06. The molecule has 5 nitrogen and oxygen atoms in total. The summed E-state index contributed by atoms with van der Waals surface area (Å²) < 4.78 is 13.0. The quantitative estimate of drug-likeness (QED) is 0.853. The van der Waals surface area contributed by atoms with E-state index >= 15 is 0 Å². The summed E-state index contributed by atoms with van der Waals surface area (Å²) in [5.74, 6) is -0.205. The molecule has 0 atom stereocenters. The van der Waals surface area contributed by atoms with Crippen molar-refractivity contribution < 1.29 is 9.18 Å². The molecule has 1 fully saturated rings. The minimum absolute atomic E-state index is 0.147. The van der Waals surface area contributed by atoms with E-state index in [0.717, 1.165) is 50.2 Å².